The number of benzene rings is 1. The van der Waals surface area contributed by atoms with Gasteiger partial charge in [0.25, 0.3) is 11.5 Å². The highest BCUT2D eigenvalue weighted by atomic mass is 32.1. The minimum absolute atomic E-state index is 0.111. The van der Waals surface area contributed by atoms with Gasteiger partial charge in [0, 0.05) is 11.1 Å². The minimum atomic E-state index is -0.433. The molecule has 2 aromatic heterocycles. The van der Waals surface area contributed by atoms with Crippen molar-refractivity contribution in [3.05, 3.63) is 80.2 Å². The zero-order valence-corrected chi connectivity index (χ0v) is 15.2. The number of aromatic nitrogens is 2. The number of rotatable bonds is 4. The molecule has 1 aromatic carbocycles. The molecular weight excluding hydrogens is 334 g/mol. The Morgan fingerprint density at radius 2 is 1.88 bits per heavy atom. The maximum absolute atomic E-state index is 12.6. The predicted molar refractivity (Wildman–Crippen MR) is 101 cm³/mol. The van der Waals surface area contributed by atoms with Crippen molar-refractivity contribution in [1.82, 2.24) is 9.55 Å². The van der Waals surface area contributed by atoms with E-state index in [9.17, 15) is 9.59 Å². The molecule has 1 amide bonds. The summed E-state index contributed by atoms with van der Waals surface area (Å²) in [6.45, 7) is 6.27. The molecule has 0 aliphatic rings. The minimum Gasteiger partial charge on any atom is -0.310 e. The second-order valence-corrected chi connectivity index (χ2v) is 7.16. The lowest BCUT2D eigenvalue weighted by Gasteiger charge is -2.08. The van der Waals surface area contributed by atoms with Crippen LogP contribution in [0.15, 0.2) is 47.4 Å². The van der Waals surface area contributed by atoms with Gasteiger partial charge in [0.2, 0.25) is 0 Å². The molecule has 25 heavy (non-hydrogen) atoms. The van der Waals surface area contributed by atoms with Crippen LogP contribution in [0.5, 0.6) is 0 Å². The summed E-state index contributed by atoms with van der Waals surface area (Å²) >= 11 is 1.40. The van der Waals surface area contributed by atoms with E-state index in [4.69, 9.17) is 0 Å². The predicted octanol–water partition coefficient (Wildman–Crippen LogP) is 3.53. The zero-order valence-electron chi connectivity index (χ0n) is 14.4. The van der Waals surface area contributed by atoms with Crippen molar-refractivity contribution in [2.24, 2.45) is 0 Å². The molecule has 2 heterocycles. The molecule has 0 saturated carbocycles. The smallest absolute Gasteiger partial charge is 0.263 e. The molecule has 3 rings (SSSR count). The maximum atomic E-state index is 12.6. The zero-order chi connectivity index (χ0) is 18.0. The lowest BCUT2D eigenvalue weighted by atomic mass is 10.1. The van der Waals surface area contributed by atoms with E-state index >= 15 is 0 Å². The van der Waals surface area contributed by atoms with Crippen LogP contribution < -0.4 is 10.9 Å². The van der Waals surface area contributed by atoms with Crippen molar-refractivity contribution in [3.8, 4) is 0 Å². The van der Waals surface area contributed by atoms with E-state index in [-0.39, 0.29) is 11.1 Å². The van der Waals surface area contributed by atoms with Gasteiger partial charge in [-0.05, 0) is 38.5 Å². The van der Waals surface area contributed by atoms with E-state index in [2.05, 4.69) is 10.3 Å². The molecule has 0 aliphatic heterocycles. The first-order chi connectivity index (χ1) is 11.9. The number of nitrogens with zero attached hydrogens (tertiary/aromatic N) is 2. The summed E-state index contributed by atoms with van der Waals surface area (Å²) in [5, 5.41) is 3.22. The van der Waals surface area contributed by atoms with Gasteiger partial charge in [-0.2, -0.15) is 0 Å². The quantitative estimate of drug-likeness (QED) is 0.780. The molecule has 0 unspecified atom stereocenters. The molecule has 0 spiro atoms. The van der Waals surface area contributed by atoms with Crippen LogP contribution in [0.1, 0.15) is 32.1 Å². The molecular formula is C19H19N3O2S. The third-order valence-electron chi connectivity index (χ3n) is 3.99. The number of aryl methyl sites for hydroxylation is 3. The average molecular weight is 353 g/mol. The Balaban J connectivity index is 1.83. The Hall–Kier alpha value is -2.73. The van der Waals surface area contributed by atoms with Crippen LogP contribution in [0, 0.1) is 20.8 Å². The van der Waals surface area contributed by atoms with E-state index in [1.54, 1.807) is 12.3 Å². The van der Waals surface area contributed by atoms with Crippen molar-refractivity contribution >= 4 is 22.4 Å². The highest BCUT2D eigenvalue weighted by molar-refractivity contribution is 7.15. The second-order valence-electron chi connectivity index (χ2n) is 5.96. The topological polar surface area (TPSA) is 64.0 Å². The van der Waals surface area contributed by atoms with Gasteiger partial charge in [-0.3, -0.25) is 14.9 Å². The Morgan fingerprint density at radius 1 is 1.16 bits per heavy atom. The molecule has 0 fully saturated rings. The number of anilines is 1. The number of carbonyl (C=O) groups excluding carboxylic acids is 1. The average Bonchev–Trinajstić information content (AvgIpc) is 2.89. The first kappa shape index (κ1) is 17.1. The molecule has 128 valence electrons. The fourth-order valence-electron chi connectivity index (χ4n) is 2.42. The maximum Gasteiger partial charge on any atom is 0.263 e. The molecule has 0 saturated heterocycles. The van der Waals surface area contributed by atoms with Gasteiger partial charge in [-0.1, -0.05) is 29.8 Å². The Morgan fingerprint density at radius 3 is 2.52 bits per heavy atom. The van der Waals surface area contributed by atoms with E-state index in [0.29, 0.717) is 11.7 Å². The highest BCUT2D eigenvalue weighted by Gasteiger charge is 2.14. The first-order valence-electron chi connectivity index (χ1n) is 7.94. The summed E-state index contributed by atoms with van der Waals surface area (Å²) in [7, 11) is 0. The van der Waals surface area contributed by atoms with Gasteiger partial charge in [-0.15, -0.1) is 11.3 Å². The Labute approximate surface area is 150 Å². The van der Waals surface area contributed by atoms with Gasteiger partial charge < -0.3 is 4.57 Å². The fraction of sp³-hybridized carbons (Fsp3) is 0.211. The number of hydrogen-bond acceptors (Lipinski definition) is 4. The van der Waals surface area contributed by atoms with Crippen LogP contribution >= 0.6 is 11.3 Å². The van der Waals surface area contributed by atoms with Gasteiger partial charge >= 0.3 is 0 Å². The third-order valence-corrected chi connectivity index (χ3v) is 4.98. The number of amides is 1. The lowest BCUT2D eigenvalue weighted by molar-refractivity contribution is 0.102. The molecule has 0 bridgehead atoms. The summed E-state index contributed by atoms with van der Waals surface area (Å²) in [6.07, 6.45) is 1.69. The highest BCUT2D eigenvalue weighted by Crippen LogP contribution is 2.21. The first-order valence-corrected chi connectivity index (χ1v) is 8.76. The van der Waals surface area contributed by atoms with Gasteiger partial charge in [0.1, 0.15) is 5.56 Å². The Kier molecular flexibility index (Phi) is 4.81. The van der Waals surface area contributed by atoms with E-state index in [1.165, 1.54) is 27.5 Å². The molecule has 6 heteroatoms. The van der Waals surface area contributed by atoms with Gasteiger partial charge in [0.05, 0.1) is 12.2 Å². The third kappa shape index (κ3) is 3.85. The molecule has 1 N–H and O–H groups in total. The molecule has 0 atom stereocenters. The number of nitrogens with one attached hydrogen (secondary N) is 1. The SMILES string of the molecule is Cc1ccc(Cn2cccc(C(=O)Nc3nc(C)c(C)s3)c2=O)cc1. The summed E-state index contributed by atoms with van der Waals surface area (Å²) in [4.78, 5) is 30.4. The van der Waals surface area contributed by atoms with Crippen LogP contribution in [0.2, 0.25) is 0 Å². The van der Waals surface area contributed by atoms with Crippen LogP contribution in [-0.2, 0) is 6.54 Å². The molecule has 0 radical (unpaired) electrons. The number of pyridine rings is 1. The summed E-state index contributed by atoms with van der Waals surface area (Å²) in [5.41, 5.74) is 2.85. The summed E-state index contributed by atoms with van der Waals surface area (Å²) < 4.78 is 1.54. The van der Waals surface area contributed by atoms with Crippen molar-refractivity contribution < 1.29 is 4.79 Å². The van der Waals surface area contributed by atoms with Crippen LogP contribution in [0.25, 0.3) is 0 Å². The molecule has 3 aromatic rings. The summed E-state index contributed by atoms with van der Waals surface area (Å²) in [6, 6.07) is 11.2. The van der Waals surface area contributed by atoms with E-state index in [0.717, 1.165) is 16.1 Å². The van der Waals surface area contributed by atoms with Crippen molar-refractivity contribution in [3.63, 3.8) is 0 Å². The van der Waals surface area contributed by atoms with E-state index in [1.807, 2.05) is 45.0 Å². The summed E-state index contributed by atoms with van der Waals surface area (Å²) in [5.74, 6) is -0.433. The second kappa shape index (κ2) is 7.03. The monoisotopic (exact) mass is 353 g/mol. The standard InChI is InChI=1S/C19H19N3O2S/c1-12-6-8-15(9-7-12)11-22-10-4-5-16(18(22)24)17(23)21-19-20-13(2)14(3)25-19/h4-10H,11H2,1-3H3,(H,20,21,23). The lowest BCUT2D eigenvalue weighted by Crippen LogP contribution is -2.29. The van der Waals surface area contributed by atoms with Crippen molar-refractivity contribution in [2.45, 2.75) is 27.3 Å². The van der Waals surface area contributed by atoms with Crippen LogP contribution in [0.4, 0.5) is 5.13 Å². The largest absolute Gasteiger partial charge is 0.310 e. The fourth-order valence-corrected chi connectivity index (χ4v) is 3.22. The number of thiazole rings is 1. The van der Waals surface area contributed by atoms with Crippen molar-refractivity contribution in [1.29, 1.82) is 0 Å². The van der Waals surface area contributed by atoms with Crippen LogP contribution in [0.3, 0.4) is 0 Å². The number of hydrogen-bond donors (Lipinski definition) is 1. The van der Waals surface area contributed by atoms with Crippen molar-refractivity contribution in [2.75, 3.05) is 5.32 Å². The normalized spacial score (nSPS) is 10.7. The van der Waals surface area contributed by atoms with Crippen LogP contribution in [-0.4, -0.2) is 15.5 Å². The Bertz CT molecular complexity index is 952. The van der Waals surface area contributed by atoms with Gasteiger partial charge in [0.15, 0.2) is 5.13 Å². The number of carbonyl (C=O) groups is 1. The molecule has 0 aliphatic carbocycles. The van der Waals surface area contributed by atoms with Gasteiger partial charge in [-0.25, -0.2) is 4.98 Å². The molecule has 5 nitrogen and oxygen atoms in total. The van der Waals surface area contributed by atoms with E-state index < -0.39 is 5.91 Å².